The molecule has 5 aromatic rings. The van der Waals surface area contributed by atoms with E-state index >= 15 is 0 Å². The molecular formula is C33H24BrN3. The zero-order chi connectivity index (χ0) is 25.0. The molecule has 1 atom stereocenters. The molecule has 0 bridgehead atoms. The quantitative estimate of drug-likeness (QED) is 0.223. The predicted molar refractivity (Wildman–Crippen MR) is 155 cm³/mol. The normalized spacial score (nSPS) is 14.6. The summed E-state index contributed by atoms with van der Waals surface area (Å²) < 4.78 is 1.07. The van der Waals surface area contributed by atoms with E-state index in [9.17, 15) is 0 Å². The molecule has 4 heteroatoms. The summed E-state index contributed by atoms with van der Waals surface area (Å²) >= 11 is 3.51. The van der Waals surface area contributed by atoms with E-state index in [1.165, 1.54) is 16.7 Å². The van der Waals surface area contributed by atoms with Gasteiger partial charge in [-0.15, -0.1) is 0 Å². The van der Waals surface area contributed by atoms with Gasteiger partial charge in [-0.05, 0) is 40.8 Å². The van der Waals surface area contributed by atoms with Crippen LogP contribution in [0, 0.1) is 0 Å². The number of aromatic nitrogens is 3. The van der Waals surface area contributed by atoms with Crippen LogP contribution in [-0.2, 0) is 0 Å². The van der Waals surface area contributed by atoms with Crippen LogP contribution in [0.5, 0.6) is 0 Å². The van der Waals surface area contributed by atoms with Gasteiger partial charge in [0.1, 0.15) is 5.82 Å². The van der Waals surface area contributed by atoms with Crippen molar-refractivity contribution in [1.29, 1.82) is 0 Å². The SMILES string of the molecule is Brc1ccc(-c2ccc(-c3nc(-c4ccc(-c5ccccc5)cc4)nc(C4C=CC=CC4)n3)cc2)cc1. The smallest absolute Gasteiger partial charge is 0.163 e. The minimum Gasteiger partial charge on any atom is -0.212 e. The Hall–Kier alpha value is -4.15. The molecule has 0 saturated carbocycles. The van der Waals surface area contributed by atoms with E-state index < -0.39 is 0 Å². The van der Waals surface area contributed by atoms with Crippen molar-refractivity contribution in [2.45, 2.75) is 12.3 Å². The van der Waals surface area contributed by atoms with E-state index in [0.717, 1.165) is 33.4 Å². The minimum atomic E-state index is 0.135. The van der Waals surface area contributed by atoms with Gasteiger partial charge < -0.3 is 0 Å². The van der Waals surface area contributed by atoms with Crippen molar-refractivity contribution in [3.05, 3.63) is 138 Å². The summed E-state index contributed by atoms with van der Waals surface area (Å²) in [5.41, 5.74) is 6.64. The second-order valence-corrected chi connectivity index (χ2v) is 9.94. The van der Waals surface area contributed by atoms with E-state index in [1.807, 2.05) is 6.07 Å². The fraction of sp³-hybridized carbons (Fsp3) is 0.0606. The van der Waals surface area contributed by atoms with Crippen molar-refractivity contribution < 1.29 is 0 Å². The summed E-state index contributed by atoms with van der Waals surface area (Å²) in [4.78, 5) is 14.7. The van der Waals surface area contributed by atoms with E-state index in [0.29, 0.717) is 11.6 Å². The molecular weight excluding hydrogens is 518 g/mol. The molecule has 0 saturated heterocycles. The third-order valence-corrected chi connectivity index (χ3v) is 7.06. The number of hydrogen-bond acceptors (Lipinski definition) is 3. The van der Waals surface area contributed by atoms with Crippen LogP contribution in [0.1, 0.15) is 18.2 Å². The Morgan fingerprint density at radius 3 is 1.51 bits per heavy atom. The first-order valence-electron chi connectivity index (χ1n) is 12.3. The third kappa shape index (κ3) is 5.20. The van der Waals surface area contributed by atoms with Crippen molar-refractivity contribution in [3.63, 3.8) is 0 Å². The maximum atomic E-state index is 4.92. The van der Waals surface area contributed by atoms with Gasteiger partial charge in [-0.3, -0.25) is 0 Å². The molecule has 0 N–H and O–H groups in total. The van der Waals surface area contributed by atoms with Crippen LogP contribution in [0.25, 0.3) is 45.0 Å². The van der Waals surface area contributed by atoms with Crippen LogP contribution in [0.4, 0.5) is 0 Å². The first-order valence-corrected chi connectivity index (χ1v) is 13.1. The van der Waals surface area contributed by atoms with Crippen LogP contribution in [-0.4, -0.2) is 15.0 Å². The van der Waals surface area contributed by atoms with Crippen molar-refractivity contribution in [2.24, 2.45) is 0 Å². The lowest BCUT2D eigenvalue weighted by Gasteiger charge is -2.14. The highest BCUT2D eigenvalue weighted by atomic mass is 79.9. The van der Waals surface area contributed by atoms with Crippen LogP contribution in [0.15, 0.2) is 132 Å². The Morgan fingerprint density at radius 1 is 0.514 bits per heavy atom. The van der Waals surface area contributed by atoms with Crippen molar-refractivity contribution in [2.75, 3.05) is 0 Å². The average Bonchev–Trinajstić information content (AvgIpc) is 2.98. The highest BCUT2D eigenvalue weighted by Crippen LogP contribution is 2.30. The number of allylic oxidation sites excluding steroid dienone is 4. The summed E-state index contributed by atoms with van der Waals surface area (Å²) in [6, 6.07) is 35.6. The maximum absolute atomic E-state index is 4.92. The van der Waals surface area contributed by atoms with E-state index in [4.69, 9.17) is 15.0 Å². The molecule has 1 heterocycles. The third-order valence-electron chi connectivity index (χ3n) is 6.54. The first-order chi connectivity index (χ1) is 18.2. The predicted octanol–water partition coefficient (Wildman–Crippen LogP) is 8.90. The van der Waals surface area contributed by atoms with Crippen LogP contribution < -0.4 is 0 Å². The zero-order valence-corrected chi connectivity index (χ0v) is 21.7. The molecule has 6 rings (SSSR count). The monoisotopic (exact) mass is 541 g/mol. The second-order valence-electron chi connectivity index (χ2n) is 9.02. The van der Waals surface area contributed by atoms with E-state index in [2.05, 4.69) is 137 Å². The number of nitrogens with zero attached hydrogens (tertiary/aromatic N) is 3. The van der Waals surface area contributed by atoms with Gasteiger partial charge in [0.2, 0.25) is 0 Å². The van der Waals surface area contributed by atoms with Crippen molar-refractivity contribution in [3.8, 4) is 45.0 Å². The van der Waals surface area contributed by atoms with Gasteiger partial charge in [-0.2, -0.15) is 0 Å². The molecule has 0 aliphatic heterocycles. The molecule has 1 aliphatic carbocycles. The summed E-state index contributed by atoms with van der Waals surface area (Å²) in [6.45, 7) is 0. The minimum absolute atomic E-state index is 0.135. The number of rotatable bonds is 5. The first kappa shape index (κ1) is 23.3. The number of benzene rings is 4. The molecule has 0 amide bonds. The zero-order valence-electron chi connectivity index (χ0n) is 20.1. The lowest BCUT2D eigenvalue weighted by molar-refractivity contribution is 0.764. The molecule has 178 valence electrons. The summed E-state index contributed by atoms with van der Waals surface area (Å²) in [5.74, 6) is 2.32. The van der Waals surface area contributed by atoms with Gasteiger partial charge in [0.05, 0.1) is 0 Å². The van der Waals surface area contributed by atoms with Gasteiger partial charge in [0, 0.05) is 21.5 Å². The van der Waals surface area contributed by atoms with Gasteiger partial charge in [0.15, 0.2) is 11.6 Å². The van der Waals surface area contributed by atoms with Crippen LogP contribution in [0.3, 0.4) is 0 Å². The summed E-state index contributed by atoms with van der Waals surface area (Å²) in [5, 5.41) is 0. The van der Waals surface area contributed by atoms with E-state index in [1.54, 1.807) is 0 Å². The number of hydrogen-bond donors (Lipinski definition) is 0. The summed E-state index contributed by atoms with van der Waals surface area (Å²) in [6.07, 6.45) is 9.35. The lowest BCUT2D eigenvalue weighted by atomic mass is 9.99. The lowest BCUT2D eigenvalue weighted by Crippen LogP contribution is -2.07. The highest BCUT2D eigenvalue weighted by Gasteiger charge is 2.17. The van der Waals surface area contributed by atoms with Crippen molar-refractivity contribution >= 4 is 15.9 Å². The summed E-state index contributed by atoms with van der Waals surface area (Å²) in [7, 11) is 0. The molecule has 1 aromatic heterocycles. The molecule has 1 unspecified atom stereocenters. The molecule has 4 aromatic carbocycles. The highest BCUT2D eigenvalue weighted by molar-refractivity contribution is 9.10. The Morgan fingerprint density at radius 2 is 1.00 bits per heavy atom. The largest absolute Gasteiger partial charge is 0.212 e. The molecule has 3 nitrogen and oxygen atoms in total. The molecule has 37 heavy (non-hydrogen) atoms. The fourth-order valence-corrected chi connectivity index (χ4v) is 4.75. The average molecular weight is 542 g/mol. The fourth-order valence-electron chi connectivity index (χ4n) is 4.48. The standard InChI is InChI=1S/C33H24BrN3/c34-30-21-19-26(20-22-30)25-13-17-29(18-14-25)33-36-31(27-9-5-2-6-10-27)35-32(37-33)28-15-11-24(12-16-28)23-7-3-1-4-8-23/h1-9,11-22,27H,10H2. The molecule has 0 spiro atoms. The molecule has 0 radical (unpaired) electrons. The Labute approximate surface area is 225 Å². The molecule has 1 aliphatic rings. The van der Waals surface area contributed by atoms with E-state index in [-0.39, 0.29) is 5.92 Å². The van der Waals surface area contributed by atoms with Gasteiger partial charge >= 0.3 is 0 Å². The van der Waals surface area contributed by atoms with Gasteiger partial charge in [-0.1, -0.05) is 131 Å². The number of halogens is 1. The molecule has 0 fully saturated rings. The Bertz CT molecular complexity index is 1570. The van der Waals surface area contributed by atoms with Crippen LogP contribution in [0.2, 0.25) is 0 Å². The Kier molecular flexibility index (Phi) is 6.57. The van der Waals surface area contributed by atoms with Gasteiger partial charge in [-0.25, -0.2) is 15.0 Å². The van der Waals surface area contributed by atoms with Gasteiger partial charge in [0.25, 0.3) is 0 Å². The maximum Gasteiger partial charge on any atom is 0.163 e. The van der Waals surface area contributed by atoms with Crippen molar-refractivity contribution in [1.82, 2.24) is 15.0 Å². The van der Waals surface area contributed by atoms with Crippen LogP contribution >= 0.6 is 15.9 Å². The topological polar surface area (TPSA) is 38.7 Å². The Balaban J connectivity index is 1.37. The second kappa shape index (κ2) is 10.5.